The monoisotopic (exact) mass is 349 g/mol. The van der Waals surface area contributed by atoms with Crippen molar-refractivity contribution in [3.8, 4) is 17.2 Å². The summed E-state index contributed by atoms with van der Waals surface area (Å²) in [6.45, 7) is 10.4. The van der Waals surface area contributed by atoms with Crippen molar-refractivity contribution in [1.29, 1.82) is 5.26 Å². The number of nitrogens with zero attached hydrogens (tertiary/aromatic N) is 2. The van der Waals surface area contributed by atoms with Gasteiger partial charge >= 0.3 is 0 Å². The largest absolute Gasteiger partial charge is 0.325 e. The van der Waals surface area contributed by atoms with Gasteiger partial charge in [-0.2, -0.15) is 5.26 Å². The fraction of sp³-hybridized carbons (Fsp3) is 0.455. The lowest BCUT2D eigenvalue weighted by molar-refractivity contribution is 0.152. The third kappa shape index (κ3) is 3.59. The minimum atomic E-state index is -0.311. The van der Waals surface area contributed by atoms with Crippen LogP contribution in [0.5, 0.6) is 0 Å². The average molecular weight is 349 g/mol. The van der Waals surface area contributed by atoms with E-state index in [1.165, 1.54) is 24.8 Å². The summed E-state index contributed by atoms with van der Waals surface area (Å²) in [5, 5.41) is 9.50. The van der Waals surface area contributed by atoms with E-state index in [4.69, 9.17) is 0 Å². The zero-order valence-electron chi connectivity index (χ0n) is 16.1. The van der Waals surface area contributed by atoms with Gasteiger partial charge in [0.25, 0.3) is 5.56 Å². The smallest absolute Gasteiger partial charge is 0.266 e. The molecule has 0 bridgehead atoms. The molecule has 0 amide bonds. The van der Waals surface area contributed by atoms with Gasteiger partial charge in [0.2, 0.25) is 0 Å². The topological polar surface area (TPSA) is 59.9 Å². The number of piperidine rings is 1. The number of benzene rings is 1. The highest BCUT2D eigenvalue weighted by atomic mass is 16.1. The van der Waals surface area contributed by atoms with Crippen molar-refractivity contribution in [3.05, 3.63) is 56.5 Å². The second-order valence-electron chi connectivity index (χ2n) is 7.59. The Morgan fingerprint density at radius 1 is 1.19 bits per heavy atom. The van der Waals surface area contributed by atoms with E-state index < -0.39 is 0 Å². The van der Waals surface area contributed by atoms with Crippen LogP contribution in [0, 0.1) is 32.1 Å². The van der Waals surface area contributed by atoms with Crippen molar-refractivity contribution in [2.45, 2.75) is 59.5 Å². The fourth-order valence-electron chi connectivity index (χ4n) is 4.00. The van der Waals surface area contributed by atoms with Gasteiger partial charge in [-0.15, -0.1) is 0 Å². The van der Waals surface area contributed by atoms with Crippen LogP contribution < -0.4 is 5.56 Å². The van der Waals surface area contributed by atoms with Crippen molar-refractivity contribution in [3.63, 3.8) is 0 Å². The van der Waals surface area contributed by atoms with Crippen molar-refractivity contribution < 1.29 is 0 Å². The van der Waals surface area contributed by atoms with Crippen molar-refractivity contribution in [2.24, 2.45) is 0 Å². The molecule has 0 spiro atoms. The molecule has 1 N–H and O–H groups in total. The Labute approximate surface area is 155 Å². The predicted molar refractivity (Wildman–Crippen MR) is 105 cm³/mol. The van der Waals surface area contributed by atoms with E-state index in [-0.39, 0.29) is 11.1 Å². The van der Waals surface area contributed by atoms with Crippen LogP contribution in [0.4, 0.5) is 0 Å². The summed E-state index contributed by atoms with van der Waals surface area (Å²) < 4.78 is 0. The van der Waals surface area contributed by atoms with Crippen LogP contribution in [0.25, 0.3) is 11.1 Å². The van der Waals surface area contributed by atoms with E-state index >= 15 is 0 Å². The molecule has 4 nitrogen and oxygen atoms in total. The lowest BCUT2D eigenvalue weighted by atomic mass is 9.91. The molecule has 1 aliphatic heterocycles. The number of aromatic amines is 1. The van der Waals surface area contributed by atoms with E-state index in [2.05, 4.69) is 48.9 Å². The quantitative estimate of drug-likeness (QED) is 0.903. The summed E-state index contributed by atoms with van der Waals surface area (Å²) >= 11 is 0. The Bertz CT molecular complexity index is 920. The minimum Gasteiger partial charge on any atom is -0.325 e. The molecular formula is C22H27N3O. The maximum absolute atomic E-state index is 12.2. The molecule has 0 radical (unpaired) electrons. The number of aryl methyl sites for hydroxylation is 2. The van der Waals surface area contributed by atoms with E-state index in [9.17, 15) is 10.1 Å². The first-order chi connectivity index (χ1) is 12.4. The number of H-pyrrole nitrogens is 1. The van der Waals surface area contributed by atoms with Crippen LogP contribution in [0.2, 0.25) is 0 Å². The van der Waals surface area contributed by atoms with Crippen LogP contribution in [-0.4, -0.2) is 22.5 Å². The molecule has 0 saturated carbocycles. The normalized spacial score (nSPS) is 17.9. The van der Waals surface area contributed by atoms with Gasteiger partial charge in [0, 0.05) is 23.8 Å². The van der Waals surface area contributed by atoms with Gasteiger partial charge in [-0.05, 0) is 69.8 Å². The van der Waals surface area contributed by atoms with Crippen LogP contribution in [0.3, 0.4) is 0 Å². The van der Waals surface area contributed by atoms with Gasteiger partial charge in [0.15, 0.2) is 0 Å². The van der Waals surface area contributed by atoms with Gasteiger partial charge in [-0.1, -0.05) is 24.1 Å². The van der Waals surface area contributed by atoms with Crippen molar-refractivity contribution in [2.75, 3.05) is 6.54 Å². The number of nitriles is 1. The first kappa shape index (κ1) is 18.4. The highest BCUT2D eigenvalue weighted by Crippen LogP contribution is 2.31. The predicted octanol–water partition coefficient (Wildman–Crippen LogP) is 4.21. The number of pyridine rings is 1. The molecule has 2 aromatic rings. The number of likely N-dealkylation sites (tertiary alicyclic amines) is 1. The van der Waals surface area contributed by atoms with Crippen LogP contribution in [0.1, 0.15) is 54.1 Å². The van der Waals surface area contributed by atoms with E-state index in [1.807, 2.05) is 13.0 Å². The Morgan fingerprint density at radius 2 is 1.96 bits per heavy atom. The molecule has 0 aliphatic carbocycles. The van der Waals surface area contributed by atoms with Crippen molar-refractivity contribution >= 4 is 0 Å². The van der Waals surface area contributed by atoms with Crippen LogP contribution >= 0.6 is 0 Å². The van der Waals surface area contributed by atoms with Crippen LogP contribution in [-0.2, 0) is 6.54 Å². The second kappa shape index (κ2) is 7.47. The average Bonchev–Trinajstić information content (AvgIpc) is 2.59. The zero-order valence-corrected chi connectivity index (χ0v) is 16.1. The Morgan fingerprint density at radius 3 is 2.65 bits per heavy atom. The molecule has 1 unspecified atom stereocenters. The maximum atomic E-state index is 12.2. The second-order valence-corrected chi connectivity index (χ2v) is 7.59. The third-order valence-corrected chi connectivity index (χ3v) is 5.54. The molecule has 1 atom stereocenters. The number of hydrogen-bond acceptors (Lipinski definition) is 3. The minimum absolute atomic E-state index is 0.196. The highest BCUT2D eigenvalue weighted by molar-refractivity contribution is 5.74. The molecule has 1 aliphatic rings. The molecule has 136 valence electrons. The summed E-state index contributed by atoms with van der Waals surface area (Å²) in [5.41, 5.74) is 6.00. The molecule has 1 fully saturated rings. The van der Waals surface area contributed by atoms with E-state index in [0.717, 1.165) is 41.0 Å². The number of aromatic nitrogens is 1. The molecule has 1 aromatic carbocycles. The lowest BCUT2D eigenvalue weighted by Crippen LogP contribution is -2.37. The Hall–Kier alpha value is -2.38. The van der Waals surface area contributed by atoms with Gasteiger partial charge in [-0.3, -0.25) is 9.69 Å². The molecule has 26 heavy (non-hydrogen) atoms. The highest BCUT2D eigenvalue weighted by Gasteiger charge is 2.20. The van der Waals surface area contributed by atoms with Gasteiger partial charge in [0.05, 0.1) is 0 Å². The molecule has 2 heterocycles. The summed E-state index contributed by atoms with van der Waals surface area (Å²) in [5.74, 6) is 0. The van der Waals surface area contributed by atoms with Gasteiger partial charge in [0.1, 0.15) is 11.6 Å². The summed E-state index contributed by atoms with van der Waals surface area (Å²) in [4.78, 5) is 17.5. The standard InChI is InChI=1S/C22H27N3O/c1-14-9-18(13-25-8-6-5-7-16(25)3)17(4)19(10-14)20-11-15(2)24-22(26)21(20)12-23/h9-11,16H,5-8,13H2,1-4H3,(H,24,26). The molecule has 1 saturated heterocycles. The zero-order chi connectivity index (χ0) is 18.8. The van der Waals surface area contributed by atoms with Gasteiger partial charge < -0.3 is 4.98 Å². The Kier molecular flexibility index (Phi) is 5.29. The molecule has 4 heteroatoms. The number of nitrogens with one attached hydrogen (secondary N) is 1. The summed E-state index contributed by atoms with van der Waals surface area (Å²) in [6.07, 6.45) is 3.82. The van der Waals surface area contributed by atoms with Crippen LogP contribution in [0.15, 0.2) is 23.0 Å². The molecular weight excluding hydrogens is 322 g/mol. The summed E-state index contributed by atoms with van der Waals surface area (Å²) in [6, 6.07) is 8.94. The number of hydrogen-bond donors (Lipinski definition) is 1. The SMILES string of the molecule is Cc1cc(CN2CCCCC2C)c(C)c(-c2cc(C)[nH]c(=O)c2C#N)c1. The van der Waals surface area contributed by atoms with E-state index in [1.54, 1.807) is 0 Å². The van der Waals surface area contributed by atoms with E-state index in [0.29, 0.717) is 6.04 Å². The van der Waals surface area contributed by atoms with Crippen molar-refractivity contribution in [1.82, 2.24) is 9.88 Å². The Balaban J connectivity index is 2.09. The summed E-state index contributed by atoms with van der Waals surface area (Å²) in [7, 11) is 0. The molecule has 3 rings (SSSR count). The lowest BCUT2D eigenvalue weighted by Gasteiger charge is -2.34. The molecule has 1 aromatic heterocycles. The third-order valence-electron chi connectivity index (χ3n) is 5.54. The fourth-order valence-corrected chi connectivity index (χ4v) is 4.00. The van der Waals surface area contributed by atoms with Gasteiger partial charge in [-0.25, -0.2) is 0 Å². The number of rotatable bonds is 3. The maximum Gasteiger partial charge on any atom is 0.266 e. The first-order valence-electron chi connectivity index (χ1n) is 9.39. The first-order valence-corrected chi connectivity index (χ1v) is 9.39.